The van der Waals surface area contributed by atoms with E-state index in [4.69, 9.17) is 0 Å². The summed E-state index contributed by atoms with van der Waals surface area (Å²) in [4.78, 5) is 11.9. The highest BCUT2D eigenvalue weighted by molar-refractivity contribution is 7.88. The second kappa shape index (κ2) is 5.99. The molecule has 1 rings (SSSR count). The molecule has 0 spiro atoms. The van der Waals surface area contributed by atoms with Crippen LogP contribution in [0.2, 0.25) is 0 Å². The van der Waals surface area contributed by atoms with E-state index in [1.807, 2.05) is 0 Å². The van der Waals surface area contributed by atoms with E-state index in [0.29, 0.717) is 0 Å². The van der Waals surface area contributed by atoms with Gasteiger partial charge in [-0.1, -0.05) is 6.42 Å². The largest absolute Gasteiger partial charge is 0.353 e. The summed E-state index contributed by atoms with van der Waals surface area (Å²) in [5, 5.41) is 5.94. The van der Waals surface area contributed by atoms with Gasteiger partial charge in [-0.2, -0.15) is 0 Å². The van der Waals surface area contributed by atoms with Gasteiger partial charge in [0.2, 0.25) is 15.9 Å². The highest BCUT2D eigenvalue weighted by atomic mass is 32.2. The van der Waals surface area contributed by atoms with Crippen molar-refractivity contribution in [3.8, 4) is 0 Å². The van der Waals surface area contributed by atoms with E-state index in [1.54, 1.807) is 13.8 Å². The SMILES string of the molecule is CC(C)(CNC(=O)[C@H]1CCCCN1)NS(C)(=O)=O. The van der Waals surface area contributed by atoms with Crippen molar-refractivity contribution in [1.29, 1.82) is 0 Å². The maximum Gasteiger partial charge on any atom is 0.237 e. The third-order valence-corrected chi connectivity index (χ3v) is 3.72. The molecule has 0 bridgehead atoms. The normalized spacial score (nSPS) is 21.6. The summed E-state index contributed by atoms with van der Waals surface area (Å²) in [5.74, 6) is -0.0573. The van der Waals surface area contributed by atoms with E-state index in [0.717, 1.165) is 32.1 Å². The number of nitrogens with one attached hydrogen (secondary N) is 3. The maximum atomic E-state index is 11.9. The first-order chi connectivity index (χ1) is 8.20. The van der Waals surface area contributed by atoms with Crippen LogP contribution in [0.4, 0.5) is 0 Å². The Morgan fingerprint density at radius 3 is 2.56 bits per heavy atom. The van der Waals surface area contributed by atoms with Gasteiger partial charge in [-0.3, -0.25) is 4.79 Å². The fourth-order valence-corrected chi connectivity index (χ4v) is 3.12. The number of amides is 1. The van der Waals surface area contributed by atoms with E-state index >= 15 is 0 Å². The van der Waals surface area contributed by atoms with Gasteiger partial charge in [0.15, 0.2) is 0 Å². The average molecular weight is 277 g/mol. The van der Waals surface area contributed by atoms with Crippen molar-refractivity contribution in [1.82, 2.24) is 15.4 Å². The van der Waals surface area contributed by atoms with Crippen molar-refractivity contribution in [3.05, 3.63) is 0 Å². The quantitative estimate of drug-likeness (QED) is 0.636. The molecule has 1 saturated heterocycles. The second-order valence-corrected chi connectivity index (χ2v) is 7.23. The summed E-state index contributed by atoms with van der Waals surface area (Å²) in [5.41, 5.74) is -0.683. The molecule has 1 atom stereocenters. The highest BCUT2D eigenvalue weighted by Crippen LogP contribution is 2.08. The number of piperidine rings is 1. The zero-order chi connectivity index (χ0) is 13.8. The number of sulfonamides is 1. The molecule has 1 aliphatic heterocycles. The topological polar surface area (TPSA) is 87.3 Å². The highest BCUT2D eigenvalue weighted by Gasteiger charge is 2.25. The van der Waals surface area contributed by atoms with Crippen LogP contribution in [0, 0.1) is 0 Å². The Hall–Kier alpha value is -0.660. The molecule has 7 heteroatoms. The van der Waals surface area contributed by atoms with Gasteiger partial charge in [0.25, 0.3) is 0 Å². The van der Waals surface area contributed by atoms with Gasteiger partial charge >= 0.3 is 0 Å². The average Bonchev–Trinajstić information content (AvgIpc) is 2.24. The van der Waals surface area contributed by atoms with E-state index < -0.39 is 15.6 Å². The molecule has 1 fully saturated rings. The first kappa shape index (κ1) is 15.4. The standard InChI is InChI=1S/C11H23N3O3S/c1-11(2,14-18(3,16)17)8-13-10(15)9-6-4-5-7-12-9/h9,12,14H,4-8H2,1-3H3,(H,13,15)/t9-/m1/s1. The van der Waals surface area contributed by atoms with Crippen molar-refractivity contribution in [2.45, 2.75) is 44.7 Å². The number of carbonyl (C=O) groups is 1. The summed E-state index contributed by atoms with van der Waals surface area (Å²) < 4.78 is 24.8. The fraction of sp³-hybridized carbons (Fsp3) is 0.909. The lowest BCUT2D eigenvalue weighted by atomic mass is 10.0. The summed E-state index contributed by atoms with van der Waals surface area (Å²) in [6.07, 6.45) is 4.10. The second-order valence-electron chi connectivity index (χ2n) is 5.48. The Morgan fingerprint density at radius 1 is 1.39 bits per heavy atom. The molecule has 18 heavy (non-hydrogen) atoms. The number of hydrogen-bond acceptors (Lipinski definition) is 4. The van der Waals surface area contributed by atoms with Crippen molar-refractivity contribution in [2.24, 2.45) is 0 Å². The monoisotopic (exact) mass is 277 g/mol. The van der Waals surface area contributed by atoms with Crippen LogP contribution in [-0.4, -0.2) is 45.3 Å². The van der Waals surface area contributed by atoms with Gasteiger partial charge in [-0.15, -0.1) is 0 Å². The minimum atomic E-state index is -3.27. The lowest BCUT2D eigenvalue weighted by Crippen LogP contribution is -2.54. The zero-order valence-electron chi connectivity index (χ0n) is 11.2. The maximum absolute atomic E-state index is 11.9. The molecule has 0 aromatic rings. The van der Waals surface area contributed by atoms with E-state index in [-0.39, 0.29) is 18.5 Å². The Labute approximate surface area is 109 Å². The number of rotatable bonds is 5. The van der Waals surface area contributed by atoms with E-state index in [9.17, 15) is 13.2 Å². The Bertz CT molecular complexity index is 386. The van der Waals surface area contributed by atoms with Crippen molar-refractivity contribution >= 4 is 15.9 Å². The lowest BCUT2D eigenvalue weighted by Gasteiger charge is -2.28. The molecule has 0 aromatic carbocycles. The smallest absolute Gasteiger partial charge is 0.237 e. The summed E-state index contributed by atoms with van der Waals surface area (Å²) in [6.45, 7) is 4.62. The van der Waals surface area contributed by atoms with Gasteiger partial charge < -0.3 is 10.6 Å². The number of hydrogen-bond donors (Lipinski definition) is 3. The van der Waals surface area contributed by atoms with Crippen LogP contribution in [0.3, 0.4) is 0 Å². The molecule has 0 saturated carbocycles. The van der Waals surface area contributed by atoms with Gasteiger partial charge in [-0.05, 0) is 33.2 Å². The molecular weight excluding hydrogens is 254 g/mol. The van der Waals surface area contributed by atoms with E-state index in [2.05, 4.69) is 15.4 Å². The minimum Gasteiger partial charge on any atom is -0.353 e. The molecular formula is C11H23N3O3S. The van der Waals surface area contributed by atoms with Crippen LogP contribution in [0.25, 0.3) is 0 Å². The van der Waals surface area contributed by atoms with Gasteiger partial charge in [0.1, 0.15) is 0 Å². The van der Waals surface area contributed by atoms with Crippen LogP contribution in [0.5, 0.6) is 0 Å². The molecule has 1 amide bonds. The summed E-state index contributed by atoms with van der Waals surface area (Å²) in [7, 11) is -3.27. The molecule has 6 nitrogen and oxygen atoms in total. The van der Waals surface area contributed by atoms with E-state index in [1.165, 1.54) is 0 Å². The summed E-state index contributed by atoms with van der Waals surface area (Å²) >= 11 is 0. The van der Waals surface area contributed by atoms with Crippen LogP contribution in [0.1, 0.15) is 33.1 Å². The molecule has 3 N–H and O–H groups in total. The first-order valence-electron chi connectivity index (χ1n) is 6.20. The molecule has 106 valence electrons. The summed E-state index contributed by atoms with van der Waals surface area (Å²) in [6, 6.07) is -0.146. The van der Waals surface area contributed by atoms with Crippen LogP contribution < -0.4 is 15.4 Å². The van der Waals surface area contributed by atoms with Crippen LogP contribution >= 0.6 is 0 Å². The van der Waals surface area contributed by atoms with Gasteiger partial charge in [0.05, 0.1) is 12.3 Å². The fourth-order valence-electron chi connectivity index (χ4n) is 2.04. The lowest BCUT2D eigenvalue weighted by molar-refractivity contribution is -0.123. The molecule has 0 radical (unpaired) electrons. The molecule has 1 aliphatic rings. The van der Waals surface area contributed by atoms with Crippen LogP contribution in [-0.2, 0) is 14.8 Å². The molecule has 0 aliphatic carbocycles. The van der Waals surface area contributed by atoms with Crippen molar-refractivity contribution in [3.63, 3.8) is 0 Å². The van der Waals surface area contributed by atoms with Crippen molar-refractivity contribution < 1.29 is 13.2 Å². The third kappa shape index (κ3) is 5.79. The predicted molar refractivity (Wildman–Crippen MR) is 70.7 cm³/mol. The first-order valence-corrected chi connectivity index (χ1v) is 8.09. The number of carbonyl (C=O) groups excluding carboxylic acids is 1. The Morgan fingerprint density at radius 2 is 2.06 bits per heavy atom. The van der Waals surface area contributed by atoms with Gasteiger partial charge in [0, 0.05) is 12.1 Å². The zero-order valence-corrected chi connectivity index (χ0v) is 12.1. The third-order valence-electron chi connectivity index (χ3n) is 2.79. The predicted octanol–water partition coefficient (Wildman–Crippen LogP) is -0.427. The molecule has 0 aromatic heterocycles. The molecule has 1 heterocycles. The molecule has 0 unspecified atom stereocenters. The Kier molecular flexibility index (Phi) is 5.12. The van der Waals surface area contributed by atoms with Crippen molar-refractivity contribution in [2.75, 3.05) is 19.3 Å². The van der Waals surface area contributed by atoms with Gasteiger partial charge in [-0.25, -0.2) is 13.1 Å². The minimum absolute atomic E-state index is 0.0573. The Balaban J connectivity index is 2.41. The van der Waals surface area contributed by atoms with Crippen LogP contribution in [0.15, 0.2) is 0 Å².